The van der Waals surface area contributed by atoms with E-state index in [-0.39, 0.29) is 0 Å². The van der Waals surface area contributed by atoms with E-state index in [2.05, 4.69) is 15.9 Å². The van der Waals surface area contributed by atoms with E-state index in [1.54, 1.807) is 23.7 Å². The molecule has 0 aliphatic heterocycles. The zero-order valence-electron chi connectivity index (χ0n) is 7.53. The molecule has 0 aromatic carbocycles. The largest absolute Gasteiger partial charge is 0.465 e. The molecule has 2 rings (SSSR count). The normalized spacial score (nSPS) is 13.1. The van der Waals surface area contributed by atoms with E-state index in [9.17, 15) is 5.11 Å². The van der Waals surface area contributed by atoms with Gasteiger partial charge < -0.3 is 9.52 Å². The third-order valence-electron chi connectivity index (χ3n) is 2.08. The first kappa shape index (κ1) is 9.96. The Morgan fingerprint density at radius 1 is 1.50 bits per heavy atom. The molecule has 74 valence electrons. The lowest BCUT2D eigenvalue weighted by molar-refractivity contribution is 0.188. The molecule has 2 aromatic heterocycles. The first-order valence-electron chi connectivity index (χ1n) is 4.14. The van der Waals surface area contributed by atoms with E-state index in [0.717, 1.165) is 15.6 Å². The third-order valence-corrected chi connectivity index (χ3v) is 3.62. The topological polar surface area (TPSA) is 33.4 Å². The second-order valence-corrected chi connectivity index (χ2v) is 4.64. The predicted octanol–water partition coefficient (Wildman–Crippen LogP) is 3.49. The van der Waals surface area contributed by atoms with Crippen LogP contribution >= 0.6 is 27.3 Å². The zero-order chi connectivity index (χ0) is 10.1. The highest BCUT2D eigenvalue weighted by Gasteiger charge is 2.19. The average molecular weight is 273 g/mol. The number of hydrogen-bond donors (Lipinski definition) is 1. The van der Waals surface area contributed by atoms with Crippen LogP contribution in [0.15, 0.2) is 32.0 Å². The number of hydrogen-bond acceptors (Lipinski definition) is 3. The van der Waals surface area contributed by atoms with Gasteiger partial charge in [0.2, 0.25) is 0 Å². The minimum absolute atomic E-state index is 0.562. The van der Waals surface area contributed by atoms with Gasteiger partial charge in [-0.05, 0) is 45.2 Å². The van der Waals surface area contributed by atoms with E-state index >= 15 is 0 Å². The van der Waals surface area contributed by atoms with Gasteiger partial charge in [-0.1, -0.05) is 0 Å². The van der Waals surface area contributed by atoms with Crippen molar-refractivity contribution >= 4 is 27.3 Å². The Hall–Kier alpha value is -0.580. The third kappa shape index (κ3) is 1.65. The smallest absolute Gasteiger partial charge is 0.150 e. The summed E-state index contributed by atoms with van der Waals surface area (Å²) in [5.41, 5.74) is 2.00. The average Bonchev–Trinajstić information content (AvgIpc) is 2.73. The minimum atomic E-state index is -0.675. The number of thiophene rings is 1. The van der Waals surface area contributed by atoms with Gasteiger partial charge in [0.25, 0.3) is 0 Å². The van der Waals surface area contributed by atoms with Gasteiger partial charge >= 0.3 is 0 Å². The van der Waals surface area contributed by atoms with Crippen LogP contribution in [0.25, 0.3) is 0 Å². The van der Waals surface area contributed by atoms with E-state index in [1.807, 2.05) is 17.7 Å². The molecule has 4 heteroatoms. The molecule has 0 fully saturated rings. The quantitative estimate of drug-likeness (QED) is 0.908. The molecule has 2 heterocycles. The summed E-state index contributed by atoms with van der Waals surface area (Å²) < 4.78 is 6.01. The van der Waals surface area contributed by atoms with Gasteiger partial charge in [0.1, 0.15) is 6.10 Å². The molecule has 0 spiro atoms. The molecule has 0 amide bonds. The van der Waals surface area contributed by atoms with Gasteiger partial charge in [0.05, 0.1) is 10.7 Å². The Labute approximate surface area is 94.3 Å². The van der Waals surface area contributed by atoms with Crippen molar-refractivity contribution in [2.45, 2.75) is 13.0 Å². The molecule has 0 saturated heterocycles. The Kier molecular flexibility index (Phi) is 2.76. The first-order valence-corrected chi connectivity index (χ1v) is 5.87. The SMILES string of the molecule is Cc1cscc1C(O)c1occc1Br. The van der Waals surface area contributed by atoms with Gasteiger partial charge in [-0.2, -0.15) is 11.3 Å². The lowest BCUT2D eigenvalue weighted by Gasteiger charge is -2.07. The lowest BCUT2D eigenvalue weighted by atomic mass is 10.1. The highest BCUT2D eigenvalue weighted by Crippen LogP contribution is 2.32. The van der Waals surface area contributed by atoms with Crippen molar-refractivity contribution in [2.75, 3.05) is 0 Å². The summed E-state index contributed by atoms with van der Waals surface area (Å²) in [6, 6.07) is 1.78. The van der Waals surface area contributed by atoms with Crippen LogP contribution in [0.2, 0.25) is 0 Å². The summed E-state index contributed by atoms with van der Waals surface area (Å²) in [6.45, 7) is 1.98. The predicted molar refractivity (Wildman–Crippen MR) is 59.5 cm³/mol. The standard InChI is InChI=1S/C10H9BrO2S/c1-6-4-14-5-7(6)9(12)10-8(11)2-3-13-10/h2-5,9,12H,1H3. The first-order chi connectivity index (χ1) is 6.70. The van der Waals surface area contributed by atoms with Gasteiger partial charge in [-0.15, -0.1) is 0 Å². The monoisotopic (exact) mass is 272 g/mol. The summed E-state index contributed by atoms with van der Waals surface area (Å²) >= 11 is 4.91. The number of aliphatic hydroxyl groups is 1. The minimum Gasteiger partial charge on any atom is -0.465 e. The van der Waals surface area contributed by atoms with Crippen LogP contribution in [0.5, 0.6) is 0 Å². The second kappa shape index (κ2) is 3.88. The van der Waals surface area contributed by atoms with E-state index in [1.165, 1.54) is 0 Å². The highest BCUT2D eigenvalue weighted by molar-refractivity contribution is 9.10. The van der Waals surface area contributed by atoms with Crippen LogP contribution in [0.1, 0.15) is 23.0 Å². The highest BCUT2D eigenvalue weighted by atomic mass is 79.9. The molecule has 1 N–H and O–H groups in total. The molecule has 0 aliphatic carbocycles. The van der Waals surface area contributed by atoms with E-state index in [0.29, 0.717) is 5.76 Å². The summed E-state index contributed by atoms with van der Waals surface area (Å²) in [5, 5.41) is 14.0. The lowest BCUT2D eigenvalue weighted by Crippen LogP contribution is -1.98. The maximum Gasteiger partial charge on any atom is 0.150 e. The maximum atomic E-state index is 10.0. The number of aryl methyl sites for hydroxylation is 1. The second-order valence-electron chi connectivity index (χ2n) is 3.05. The van der Waals surface area contributed by atoms with Crippen molar-refractivity contribution in [3.63, 3.8) is 0 Å². The van der Waals surface area contributed by atoms with Crippen LogP contribution in [0.3, 0.4) is 0 Å². The molecular formula is C10H9BrO2S. The fourth-order valence-electron chi connectivity index (χ4n) is 1.29. The summed E-state index contributed by atoms with van der Waals surface area (Å²) in [7, 11) is 0. The molecule has 14 heavy (non-hydrogen) atoms. The van der Waals surface area contributed by atoms with Gasteiger partial charge in [-0.25, -0.2) is 0 Å². The van der Waals surface area contributed by atoms with Crippen LogP contribution < -0.4 is 0 Å². The Balaban J connectivity index is 2.38. The zero-order valence-corrected chi connectivity index (χ0v) is 9.93. The van der Waals surface area contributed by atoms with Crippen LogP contribution in [0, 0.1) is 6.92 Å². The Morgan fingerprint density at radius 3 is 2.79 bits per heavy atom. The van der Waals surface area contributed by atoms with Crippen molar-refractivity contribution in [3.8, 4) is 0 Å². The van der Waals surface area contributed by atoms with Crippen LogP contribution in [0.4, 0.5) is 0 Å². The molecule has 1 atom stereocenters. The summed E-state index contributed by atoms with van der Waals surface area (Å²) in [5.74, 6) is 0.562. The summed E-state index contributed by atoms with van der Waals surface area (Å²) in [4.78, 5) is 0. The number of halogens is 1. The molecule has 1 unspecified atom stereocenters. The van der Waals surface area contributed by atoms with E-state index in [4.69, 9.17) is 4.42 Å². The van der Waals surface area contributed by atoms with Gasteiger partial charge in [0.15, 0.2) is 5.76 Å². The Morgan fingerprint density at radius 2 is 2.29 bits per heavy atom. The fourth-order valence-corrected chi connectivity index (χ4v) is 2.58. The van der Waals surface area contributed by atoms with Crippen molar-refractivity contribution in [3.05, 3.63) is 44.4 Å². The fraction of sp³-hybridized carbons (Fsp3) is 0.200. The molecule has 0 bridgehead atoms. The molecule has 2 nitrogen and oxygen atoms in total. The van der Waals surface area contributed by atoms with Crippen LogP contribution in [-0.4, -0.2) is 5.11 Å². The number of furan rings is 1. The number of aliphatic hydroxyl groups excluding tert-OH is 1. The molecule has 0 saturated carbocycles. The van der Waals surface area contributed by atoms with Gasteiger partial charge in [-0.3, -0.25) is 0 Å². The Bertz CT molecular complexity index is 393. The van der Waals surface area contributed by atoms with Crippen molar-refractivity contribution in [1.82, 2.24) is 0 Å². The molecule has 0 radical (unpaired) electrons. The van der Waals surface area contributed by atoms with Crippen molar-refractivity contribution in [2.24, 2.45) is 0 Å². The van der Waals surface area contributed by atoms with Crippen LogP contribution in [-0.2, 0) is 0 Å². The number of rotatable bonds is 2. The van der Waals surface area contributed by atoms with Crippen molar-refractivity contribution < 1.29 is 9.52 Å². The van der Waals surface area contributed by atoms with E-state index < -0.39 is 6.10 Å². The summed E-state index contributed by atoms with van der Waals surface area (Å²) in [6.07, 6.45) is 0.885. The molecular weight excluding hydrogens is 264 g/mol. The van der Waals surface area contributed by atoms with Gasteiger partial charge in [0, 0.05) is 5.56 Å². The maximum absolute atomic E-state index is 10.0. The van der Waals surface area contributed by atoms with Crippen molar-refractivity contribution in [1.29, 1.82) is 0 Å². The molecule has 0 aliphatic rings. The molecule has 2 aromatic rings.